The predicted octanol–water partition coefficient (Wildman–Crippen LogP) is 1.18. The number of nitrogens with zero attached hydrogens (tertiary/aromatic N) is 2. The van der Waals surface area contributed by atoms with Crippen molar-refractivity contribution in [1.82, 2.24) is 0 Å². The number of unbranched alkanes of at least 4 members (excludes halogenated alkanes) is 5. The fourth-order valence-corrected chi connectivity index (χ4v) is 2.63. The van der Waals surface area contributed by atoms with Crippen LogP contribution in [-0.4, -0.2) is 41.1 Å². The van der Waals surface area contributed by atoms with Gasteiger partial charge in [0.05, 0.1) is 18.8 Å². The van der Waals surface area contributed by atoms with E-state index in [0.29, 0.717) is 6.54 Å². The molecule has 1 unspecified atom stereocenters. The molecule has 0 amide bonds. The van der Waals surface area contributed by atoms with Crippen molar-refractivity contribution in [2.75, 3.05) is 19.7 Å². The Morgan fingerprint density at radius 3 is 2.65 bits per heavy atom. The molecule has 1 aliphatic heterocycles. The Hall–Kier alpha value is -1.20. The molecule has 0 spiro atoms. The molecule has 0 aromatic heterocycles. The maximum Gasteiger partial charge on any atom is 0.207 e. The van der Waals surface area contributed by atoms with Crippen LogP contribution in [0.5, 0.6) is 0 Å². The Balaban J connectivity index is 2.44. The van der Waals surface area contributed by atoms with Gasteiger partial charge >= 0.3 is 0 Å². The first-order valence-corrected chi connectivity index (χ1v) is 7.57. The summed E-state index contributed by atoms with van der Waals surface area (Å²) in [4.78, 5) is 15.2. The number of hydrogen-bond acceptors (Lipinski definition) is 4. The lowest BCUT2D eigenvalue weighted by Crippen LogP contribution is -2.54. The summed E-state index contributed by atoms with van der Waals surface area (Å²) < 4.78 is 0.119. The average molecular weight is 282 g/mol. The van der Waals surface area contributed by atoms with Gasteiger partial charge < -0.3 is 15.0 Å². The third-order valence-corrected chi connectivity index (χ3v) is 3.75. The van der Waals surface area contributed by atoms with Crippen LogP contribution in [0.25, 0.3) is 0 Å². The highest BCUT2D eigenvalue weighted by Gasteiger charge is 2.34. The first-order valence-electron chi connectivity index (χ1n) is 7.57. The van der Waals surface area contributed by atoms with Gasteiger partial charge in [-0.15, -0.1) is 0 Å². The number of aliphatic imine (C=N–C) groups is 1. The van der Waals surface area contributed by atoms with Crippen molar-refractivity contribution in [1.29, 1.82) is 0 Å². The smallest absolute Gasteiger partial charge is 0.207 e. The summed E-state index contributed by atoms with van der Waals surface area (Å²) in [5.41, 5.74) is 0. The van der Waals surface area contributed by atoms with E-state index in [2.05, 4.69) is 11.9 Å². The maximum absolute atomic E-state index is 10.9. The Kier molecular flexibility index (Phi) is 7.47. The van der Waals surface area contributed by atoms with Crippen molar-refractivity contribution in [3.05, 3.63) is 12.4 Å². The van der Waals surface area contributed by atoms with E-state index in [0.717, 1.165) is 25.1 Å². The van der Waals surface area contributed by atoms with E-state index >= 15 is 0 Å². The van der Waals surface area contributed by atoms with Crippen molar-refractivity contribution in [3.8, 4) is 0 Å². The lowest BCUT2D eigenvalue weighted by Gasteiger charge is -2.32. The third-order valence-electron chi connectivity index (χ3n) is 3.75. The highest BCUT2D eigenvalue weighted by molar-refractivity contribution is 5.80. The molecule has 0 aromatic carbocycles. The number of aliphatic carboxylic acids is 1. The summed E-state index contributed by atoms with van der Waals surface area (Å²) >= 11 is 0. The largest absolute Gasteiger partial charge is 0.544 e. The molecule has 5 heteroatoms. The number of carbonyl (C=O) groups is 1. The Morgan fingerprint density at radius 2 is 2.00 bits per heavy atom. The van der Waals surface area contributed by atoms with Gasteiger partial charge in [-0.05, 0) is 6.42 Å². The van der Waals surface area contributed by atoms with Gasteiger partial charge in [0.1, 0.15) is 19.3 Å². The summed E-state index contributed by atoms with van der Waals surface area (Å²) in [5, 5.41) is 20.1. The molecule has 0 fully saturated rings. The van der Waals surface area contributed by atoms with Crippen LogP contribution in [0.15, 0.2) is 17.4 Å². The normalized spacial score (nSPS) is 21.2. The lowest BCUT2D eigenvalue weighted by atomic mass is 10.1. The minimum absolute atomic E-state index is 0.0624. The molecule has 1 N–H and O–H groups in total. The molecular weight excluding hydrogens is 256 g/mol. The van der Waals surface area contributed by atoms with Crippen LogP contribution in [0, 0.1) is 0 Å². The molecule has 0 saturated heterocycles. The monoisotopic (exact) mass is 282 g/mol. The van der Waals surface area contributed by atoms with E-state index in [-0.39, 0.29) is 17.6 Å². The first-order chi connectivity index (χ1) is 9.64. The molecule has 0 aliphatic carbocycles. The van der Waals surface area contributed by atoms with Crippen molar-refractivity contribution in [3.63, 3.8) is 0 Å². The molecule has 1 heterocycles. The van der Waals surface area contributed by atoms with Gasteiger partial charge in [0, 0.05) is 6.42 Å². The van der Waals surface area contributed by atoms with Gasteiger partial charge in [-0.3, -0.25) is 0 Å². The van der Waals surface area contributed by atoms with E-state index < -0.39 is 5.97 Å². The van der Waals surface area contributed by atoms with E-state index in [1.165, 1.54) is 25.7 Å². The molecule has 20 heavy (non-hydrogen) atoms. The molecular formula is C15H26N2O3. The number of aliphatic hydroxyl groups is 1. The van der Waals surface area contributed by atoms with Crippen LogP contribution < -0.4 is 5.11 Å². The van der Waals surface area contributed by atoms with Crippen molar-refractivity contribution in [2.24, 2.45) is 4.99 Å². The number of quaternary nitrogens is 1. The second-order valence-corrected chi connectivity index (χ2v) is 5.37. The van der Waals surface area contributed by atoms with Crippen LogP contribution in [0.1, 0.15) is 51.9 Å². The minimum Gasteiger partial charge on any atom is -0.544 e. The third kappa shape index (κ3) is 5.06. The predicted molar refractivity (Wildman–Crippen MR) is 76.7 cm³/mol. The minimum atomic E-state index is -1.11. The van der Waals surface area contributed by atoms with Gasteiger partial charge in [-0.1, -0.05) is 39.0 Å². The van der Waals surface area contributed by atoms with Crippen molar-refractivity contribution in [2.45, 2.75) is 51.9 Å². The molecule has 1 atom stereocenters. The quantitative estimate of drug-likeness (QED) is 0.457. The summed E-state index contributed by atoms with van der Waals surface area (Å²) in [6, 6.07) is 0. The summed E-state index contributed by atoms with van der Waals surface area (Å²) in [6.45, 7) is 2.33. The topological polar surface area (TPSA) is 72.7 Å². The number of carbonyl (C=O) groups excluding carboxylic acids is 1. The molecule has 0 saturated carbocycles. The first kappa shape index (κ1) is 16.9. The van der Waals surface area contributed by atoms with Crippen LogP contribution in [0.2, 0.25) is 0 Å². The highest BCUT2D eigenvalue weighted by atomic mass is 16.4. The molecule has 5 nitrogen and oxygen atoms in total. The average Bonchev–Trinajstić information content (AvgIpc) is 2.76. The number of carboxylic acids is 1. The molecule has 1 rings (SSSR count). The van der Waals surface area contributed by atoms with Crippen LogP contribution in [0.3, 0.4) is 0 Å². The van der Waals surface area contributed by atoms with Crippen molar-refractivity contribution < 1.29 is 19.5 Å². The number of aliphatic hydroxyl groups excluding tert-OH is 1. The zero-order chi connectivity index (χ0) is 14.8. The van der Waals surface area contributed by atoms with E-state index in [4.69, 9.17) is 0 Å². The number of carboxylic acid groups (broad SMARTS) is 1. The summed E-state index contributed by atoms with van der Waals surface area (Å²) in [6.07, 6.45) is 11.3. The number of rotatable bonds is 11. The van der Waals surface area contributed by atoms with E-state index in [1.54, 1.807) is 12.4 Å². The van der Waals surface area contributed by atoms with Gasteiger partial charge in [-0.2, -0.15) is 0 Å². The molecule has 0 bridgehead atoms. The number of amidine groups is 1. The van der Waals surface area contributed by atoms with Crippen molar-refractivity contribution >= 4 is 11.8 Å². The Labute approximate surface area is 121 Å². The molecule has 0 aromatic rings. The van der Waals surface area contributed by atoms with Gasteiger partial charge in [0.2, 0.25) is 5.84 Å². The van der Waals surface area contributed by atoms with Gasteiger partial charge in [-0.25, -0.2) is 9.48 Å². The maximum atomic E-state index is 10.9. The highest BCUT2D eigenvalue weighted by Crippen LogP contribution is 2.20. The Morgan fingerprint density at radius 1 is 1.30 bits per heavy atom. The second kappa shape index (κ2) is 8.87. The van der Waals surface area contributed by atoms with Gasteiger partial charge in [0.15, 0.2) is 0 Å². The second-order valence-electron chi connectivity index (χ2n) is 5.37. The molecule has 0 radical (unpaired) electrons. The fraction of sp³-hybridized carbons (Fsp3) is 0.733. The van der Waals surface area contributed by atoms with Crippen LogP contribution in [0.4, 0.5) is 0 Å². The SMILES string of the molecule is CCCCCCCCC1=NC=C[N+]1(CCO)CC(=O)[O-]. The summed E-state index contributed by atoms with van der Waals surface area (Å²) in [5.74, 6) is -0.278. The lowest BCUT2D eigenvalue weighted by molar-refractivity contribution is -0.783. The van der Waals surface area contributed by atoms with Crippen LogP contribution >= 0.6 is 0 Å². The standard InChI is InChI=1S/C15H26N2O3/c1-2-3-4-5-6-7-8-14-16-9-10-17(14,11-12-18)13-15(19)20/h9-10,18H,2-8,11-13H2,1H3. The molecule has 114 valence electrons. The Bertz CT molecular complexity index is 366. The zero-order valence-corrected chi connectivity index (χ0v) is 12.4. The van der Waals surface area contributed by atoms with Crippen LogP contribution in [-0.2, 0) is 4.79 Å². The number of hydrogen-bond donors (Lipinski definition) is 1. The zero-order valence-electron chi connectivity index (χ0n) is 12.4. The van der Waals surface area contributed by atoms with E-state index in [9.17, 15) is 15.0 Å². The fourth-order valence-electron chi connectivity index (χ4n) is 2.63. The van der Waals surface area contributed by atoms with Gasteiger partial charge in [0.25, 0.3) is 0 Å². The summed E-state index contributed by atoms with van der Waals surface area (Å²) in [7, 11) is 0. The molecule has 1 aliphatic rings. The van der Waals surface area contributed by atoms with E-state index in [1.807, 2.05) is 0 Å².